The van der Waals surface area contributed by atoms with Crippen molar-refractivity contribution in [3.8, 4) is 0 Å². The molecular formula is C25H32Cl3N3O4S. The first-order valence-electron chi connectivity index (χ1n) is 11.4. The van der Waals surface area contributed by atoms with Gasteiger partial charge in [-0.25, -0.2) is 8.42 Å². The number of nitrogens with one attached hydrogen (secondary N) is 1. The van der Waals surface area contributed by atoms with Crippen molar-refractivity contribution in [2.45, 2.75) is 52.1 Å². The van der Waals surface area contributed by atoms with Gasteiger partial charge in [0.05, 0.1) is 27.0 Å². The minimum absolute atomic E-state index is 0.0241. The van der Waals surface area contributed by atoms with Crippen LogP contribution in [-0.4, -0.2) is 56.1 Å². The molecule has 1 atom stereocenters. The lowest BCUT2D eigenvalue weighted by Gasteiger charge is -2.34. The Morgan fingerprint density at radius 2 is 1.58 bits per heavy atom. The van der Waals surface area contributed by atoms with Crippen molar-refractivity contribution >= 4 is 62.3 Å². The van der Waals surface area contributed by atoms with E-state index in [-0.39, 0.29) is 33.2 Å². The van der Waals surface area contributed by atoms with Crippen LogP contribution >= 0.6 is 34.8 Å². The maximum atomic E-state index is 13.7. The number of sulfonamides is 1. The van der Waals surface area contributed by atoms with Crippen LogP contribution in [0.25, 0.3) is 0 Å². The molecule has 0 bridgehead atoms. The second-order valence-corrected chi connectivity index (χ2v) is 12.6. The maximum absolute atomic E-state index is 13.7. The van der Waals surface area contributed by atoms with E-state index >= 15 is 0 Å². The Morgan fingerprint density at radius 1 is 1.00 bits per heavy atom. The second kappa shape index (κ2) is 12.5. The van der Waals surface area contributed by atoms with Crippen LogP contribution in [0, 0.1) is 0 Å². The number of benzene rings is 2. The van der Waals surface area contributed by atoms with Crippen molar-refractivity contribution in [3.05, 3.63) is 63.1 Å². The van der Waals surface area contributed by atoms with Gasteiger partial charge >= 0.3 is 0 Å². The van der Waals surface area contributed by atoms with Crippen molar-refractivity contribution in [1.82, 2.24) is 10.2 Å². The Labute approximate surface area is 228 Å². The summed E-state index contributed by atoms with van der Waals surface area (Å²) in [5.41, 5.74) is 0.497. The zero-order chi connectivity index (χ0) is 27.3. The number of anilines is 1. The lowest BCUT2D eigenvalue weighted by Crippen LogP contribution is -2.56. The van der Waals surface area contributed by atoms with Crippen LogP contribution in [0.1, 0.15) is 39.7 Å². The van der Waals surface area contributed by atoms with Gasteiger partial charge in [-0.1, -0.05) is 72.1 Å². The molecule has 198 valence electrons. The molecular weight excluding hydrogens is 545 g/mol. The molecule has 0 spiro atoms. The Kier molecular flexibility index (Phi) is 10.5. The first kappa shape index (κ1) is 30.2. The van der Waals surface area contributed by atoms with E-state index in [2.05, 4.69) is 5.32 Å². The first-order chi connectivity index (χ1) is 16.6. The van der Waals surface area contributed by atoms with E-state index in [1.807, 2.05) is 51.1 Å². The number of rotatable bonds is 10. The van der Waals surface area contributed by atoms with E-state index in [0.29, 0.717) is 12.8 Å². The van der Waals surface area contributed by atoms with E-state index in [1.54, 1.807) is 6.92 Å². The molecule has 0 aliphatic carbocycles. The second-order valence-electron chi connectivity index (χ2n) is 9.47. The number of hydrogen-bond acceptors (Lipinski definition) is 4. The van der Waals surface area contributed by atoms with Crippen molar-refractivity contribution in [2.24, 2.45) is 0 Å². The van der Waals surface area contributed by atoms with Gasteiger partial charge in [0, 0.05) is 12.1 Å². The third kappa shape index (κ3) is 8.54. The number of halogens is 3. The summed E-state index contributed by atoms with van der Waals surface area (Å²) in [6.45, 7) is 7.01. The largest absolute Gasteiger partial charge is 0.350 e. The molecule has 11 heteroatoms. The fourth-order valence-corrected chi connectivity index (χ4v) is 5.19. The van der Waals surface area contributed by atoms with Crippen LogP contribution in [0.5, 0.6) is 0 Å². The maximum Gasteiger partial charge on any atom is 0.244 e. The number of carbonyl (C=O) groups excluding carboxylic acids is 2. The summed E-state index contributed by atoms with van der Waals surface area (Å²) >= 11 is 18.4. The molecule has 0 fully saturated rings. The van der Waals surface area contributed by atoms with Gasteiger partial charge < -0.3 is 10.2 Å². The monoisotopic (exact) mass is 575 g/mol. The van der Waals surface area contributed by atoms with Gasteiger partial charge in [-0.15, -0.1) is 0 Å². The van der Waals surface area contributed by atoms with Crippen LogP contribution < -0.4 is 9.62 Å². The summed E-state index contributed by atoms with van der Waals surface area (Å²) in [4.78, 5) is 28.2. The molecule has 0 aliphatic rings. The smallest absolute Gasteiger partial charge is 0.244 e. The van der Waals surface area contributed by atoms with Crippen molar-refractivity contribution in [1.29, 1.82) is 0 Å². The van der Waals surface area contributed by atoms with Crippen LogP contribution in [0.3, 0.4) is 0 Å². The highest BCUT2D eigenvalue weighted by atomic mass is 35.5. The summed E-state index contributed by atoms with van der Waals surface area (Å²) < 4.78 is 26.3. The third-order valence-electron chi connectivity index (χ3n) is 5.31. The number of amides is 2. The average Bonchev–Trinajstić information content (AvgIpc) is 2.76. The Balaban J connectivity index is 2.45. The summed E-state index contributed by atoms with van der Waals surface area (Å²) in [5.74, 6) is -0.862. The summed E-state index contributed by atoms with van der Waals surface area (Å²) in [6.07, 6.45) is 1.80. The van der Waals surface area contributed by atoms with Gasteiger partial charge in [-0.2, -0.15) is 0 Å². The molecule has 2 aromatic rings. The molecule has 0 radical (unpaired) electrons. The molecule has 0 saturated heterocycles. The van der Waals surface area contributed by atoms with Crippen LogP contribution in [-0.2, 0) is 26.0 Å². The van der Waals surface area contributed by atoms with Gasteiger partial charge in [0.1, 0.15) is 12.6 Å². The third-order valence-corrected chi connectivity index (χ3v) is 7.46. The van der Waals surface area contributed by atoms with E-state index in [9.17, 15) is 18.0 Å². The van der Waals surface area contributed by atoms with Crippen molar-refractivity contribution < 1.29 is 18.0 Å². The topological polar surface area (TPSA) is 86.8 Å². The average molecular weight is 577 g/mol. The number of carbonyl (C=O) groups is 2. The lowest BCUT2D eigenvalue weighted by molar-refractivity contribution is -0.140. The van der Waals surface area contributed by atoms with E-state index in [4.69, 9.17) is 34.8 Å². The Hall–Kier alpha value is -2.00. The molecule has 7 nitrogen and oxygen atoms in total. The number of nitrogens with zero attached hydrogens (tertiary/aromatic N) is 2. The van der Waals surface area contributed by atoms with Gasteiger partial charge in [0.15, 0.2) is 0 Å². The van der Waals surface area contributed by atoms with E-state index in [0.717, 1.165) is 16.1 Å². The van der Waals surface area contributed by atoms with E-state index < -0.39 is 34.1 Å². The van der Waals surface area contributed by atoms with Gasteiger partial charge in [-0.3, -0.25) is 13.9 Å². The number of hydrogen-bond donors (Lipinski definition) is 1. The Morgan fingerprint density at radius 3 is 2.11 bits per heavy atom. The van der Waals surface area contributed by atoms with Gasteiger partial charge in [0.2, 0.25) is 21.8 Å². The molecule has 2 amide bonds. The highest BCUT2D eigenvalue weighted by Gasteiger charge is 2.33. The summed E-state index contributed by atoms with van der Waals surface area (Å²) in [7, 11) is -3.95. The first-order valence-corrected chi connectivity index (χ1v) is 14.4. The quantitative estimate of drug-likeness (QED) is 0.395. The zero-order valence-electron chi connectivity index (χ0n) is 21.0. The molecule has 1 N–H and O–H groups in total. The molecule has 0 saturated carbocycles. The van der Waals surface area contributed by atoms with Crippen molar-refractivity contribution in [2.75, 3.05) is 23.7 Å². The highest BCUT2D eigenvalue weighted by molar-refractivity contribution is 7.92. The van der Waals surface area contributed by atoms with Crippen LogP contribution in [0.2, 0.25) is 15.1 Å². The minimum Gasteiger partial charge on any atom is -0.350 e. The van der Waals surface area contributed by atoms with Crippen LogP contribution in [0.4, 0.5) is 5.69 Å². The van der Waals surface area contributed by atoms with Crippen molar-refractivity contribution in [3.63, 3.8) is 0 Å². The fraction of sp³-hybridized carbons (Fsp3) is 0.440. The zero-order valence-corrected chi connectivity index (χ0v) is 24.1. The highest BCUT2D eigenvalue weighted by Crippen LogP contribution is 2.35. The molecule has 36 heavy (non-hydrogen) atoms. The molecule has 2 aromatic carbocycles. The summed E-state index contributed by atoms with van der Waals surface area (Å²) in [5, 5.41) is 3.19. The lowest BCUT2D eigenvalue weighted by atomic mass is 10.1. The predicted molar refractivity (Wildman–Crippen MR) is 147 cm³/mol. The molecule has 0 unspecified atom stereocenters. The minimum atomic E-state index is -3.95. The van der Waals surface area contributed by atoms with Crippen LogP contribution in [0.15, 0.2) is 42.5 Å². The molecule has 0 aromatic heterocycles. The van der Waals surface area contributed by atoms with Gasteiger partial charge in [0.25, 0.3) is 0 Å². The standard InChI is InChI=1S/C25H32Cl3N3O4S/c1-6-21(24(33)29-25(2,3)4)30(13-12-17-10-8-7-9-11-17)23(32)16-31(36(5,34)35)22-15-19(27)18(26)14-20(22)28/h7-11,14-15,21H,6,12-13,16H2,1-5H3,(H,29,33)/t21-/m0/s1. The normalized spacial score (nSPS) is 12.7. The Bertz CT molecular complexity index is 1190. The van der Waals surface area contributed by atoms with E-state index in [1.165, 1.54) is 17.0 Å². The molecule has 0 heterocycles. The predicted octanol–water partition coefficient (Wildman–Crippen LogP) is 5.18. The molecule has 0 aliphatic heterocycles. The summed E-state index contributed by atoms with van der Waals surface area (Å²) in [6, 6.07) is 11.4. The molecule has 2 rings (SSSR count). The van der Waals surface area contributed by atoms with Gasteiger partial charge in [-0.05, 0) is 51.3 Å². The fourth-order valence-electron chi connectivity index (χ4n) is 3.65. The SMILES string of the molecule is CC[C@@H](C(=O)NC(C)(C)C)N(CCc1ccccc1)C(=O)CN(c1cc(Cl)c(Cl)cc1Cl)S(C)(=O)=O.